The Bertz CT molecular complexity index is 1810. The van der Waals surface area contributed by atoms with E-state index in [4.69, 9.17) is 10.5 Å². The zero-order chi connectivity index (χ0) is 33.0. The number of primary amides is 1. The number of nitrogens with zero attached hydrogens (tertiary/aromatic N) is 2. The quantitative estimate of drug-likeness (QED) is 0.263. The third-order valence-electron chi connectivity index (χ3n) is 10.2. The molecule has 2 aliphatic heterocycles. The molecule has 6 atom stereocenters. The minimum atomic E-state index is -1.41. The first-order valence-corrected chi connectivity index (χ1v) is 15.7. The number of aliphatic hydroxyl groups excluding tert-OH is 1. The molecule has 2 aliphatic carbocycles. The van der Waals surface area contributed by atoms with Gasteiger partial charge in [0.2, 0.25) is 11.8 Å². The molecule has 0 radical (unpaired) electrons. The molecule has 7 rings (SSSR count). The van der Waals surface area contributed by atoms with Crippen LogP contribution in [0.5, 0.6) is 5.75 Å². The Labute approximate surface area is 270 Å². The third-order valence-corrected chi connectivity index (χ3v) is 10.2. The number of hydrogen-bond donors (Lipinski definition) is 3. The molecule has 0 unspecified atom stereocenters. The van der Waals surface area contributed by atoms with Gasteiger partial charge in [0.25, 0.3) is 11.8 Å². The number of benzene rings is 3. The van der Waals surface area contributed by atoms with E-state index >= 15 is 4.79 Å². The lowest BCUT2D eigenvalue weighted by Crippen LogP contribution is -2.53. The molecule has 240 valence electrons. The first-order chi connectivity index (χ1) is 22.7. The van der Waals surface area contributed by atoms with Gasteiger partial charge < -0.3 is 15.6 Å². The lowest BCUT2D eigenvalue weighted by Gasteiger charge is -2.50. The molecule has 6 amide bonds. The van der Waals surface area contributed by atoms with Crippen molar-refractivity contribution in [3.63, 3.8) is 0 Å². The molecule has 3 aromatic carbocycles. The molecule has 0 aromatic heterocycles. The highest BCUT2D eigenvalue weighted by molar-refractivity contribution is 6.17. The second-order valence-electron chi connectivity index (χ2n) is 12.6. The van der Waals surface area contributed by atoms with E-state index in [-0.39, 0.29) is 26.1 Å². The SMILES string of the molecule is Cc1ccc(NN2C(=O)[C@@H]3C[C@@H]4C(=CC[C@@H]5C(=O)N(C(N)=O)C(=O)[C@@H]54)[C@H](c4ccc(OCCO)cc4)[C@]3(c3ccccc3)C2=O)cc1. The van der Waals surface area contributed by atoms with Gasteiger partial charge in [0.15, 0.2) is 0 Å². The molecule has 0 bridgehead atoms. The van der Waals surface area contributed by atoms with E-state index in [9.17, 15) is 24.3 Å². The lowest BCUT2D eigenvalue weighted by molar-refractivity contribution is -0.139. The van der Waals surface area contributed by atoms with Gasteiger partial charge in [-0.2, -0.15) is 9.91 Å². The first kappa shape index (κ1) is 30.4. The van der Waals surface area contributed by atoms with Gasteiger partial charge in [0, 0.05) is 5.92 Å². The molecule has 11 heteroatoms. The summed E-state index contributed by atoms with van der Waals surface area (Å²) < 4.78 is 5.61. The molecule has 2 saturated heterocycles. The van der Waals surface area contributed by atoms with Gasteiger partial charge in [0.05, 0.1) is 35.5 Å². The summed E-state index contributed by atoms with van der Waals surface area (Å²) in [4.78, 5) is 69.4. The van der Waals surface area contributed by atoms with Crippen LogP contribution in [0.3, 0.4) is 0 Å². The maximum Gasteiger partial charge on any atom is 0.328 e. The molecule has 4 N–H and O–H groups in total. The summed E-state index contributed by atoms with van der Waals surface area (Å²) in [6, 6.07) is 22.6. The van der Waals surface area contributed by atoms with Crippen molar-refractivity contribution in [3.8, 4) is 5.75 Å². The molecular weight excluding hydrogens is 600 g/mol. The Morgan fingerprint density at radius 2 is 1.64 bits per heavy atom. The Morgan fingerprint density at radius 1 is 0.936 bits per heavy atom. The van der Waals surface area contributed by atoms with E-state index in [0.717, 1.165) is 16.1 Å². The number of amides is 6. The standard InChI is InChI=1S/C36H34N4O7/c1-20-7-11-23(12-8-20)38-40-32(43)28-19-27-25(15-16-26-29(27)33(44)39(31(26)42)35(37)46)30(21-9-13-24(14-10-21)47-18-17-41)36(28,34(40)45)22-5-3-2-4-6-22/h2-15,26-30,38,41H,16-19H2,1H3,(H2,37,46)/t26-,27+,28-,29-,30-,36+/m0/s1. The van der Waals surface area contributed by atoms with Crippen LogP contribution < -0.4 is 15.9 Å². The zero-order valence-corrected chi connectivity index (χ0v) is 25.7. The number of aliphatic hydroxyl groups is 1. The number of urea groups is 1. The number of hydrogen-bond acceptors (Lipinski definition) is 8. The lowest BCUT2D eigenvalue weighted by atomic mass is 9.49. The van der Waals surface area contributed by atoms with Gasteiger partial charge >= 0.3 is 6.03 Å². The van der Waals surface area contributed by atoms with E-state index in [1.165, 1.54) is 0 Å². The number of ether oxygens (including phenoxy) is 1. The number of carbonyl (C=O) groups excluding carboxylic acids is 5. The monoisotopic (exact) mass is 634 g/mol. The second-order valence-corrected chi connectivity index (χ2v) is 12.6. The third kappa shape index (κ3) is 4.56. The summed E-state index contributed by atoms with van der Waals surface area (Å²) in [6.07, 6.45) is 2.21. The molecule has 47 heavy (non-hydrogen) atoms. The zero-order valence-electron chi connectivity index (χ0n) is 25.7. The number of nitrogens with two attached hydrogens (primary N) is 1. The molecule has 0 spiro atoms. The molecule has 11 nitrogen and oxygen atoms in total. The number of aryl methyl sites for hydroxylation is 1. The summed E-state index contributed by atoms with van der Waals surface area (Å²) in [5.41, 5.74) is 10.8. The fourth-order valence-electron chi connectivity index (χ4n) is 8.26. The topological polar surface area (TPSA) is 159 Å². The van der Waals surface area contributed by atoms with Gasteiger partial charge in [-0.1, -0.05) is 71.8 Å². The van der Waals surface area contributed by atoms with Crippen LogP contribution in [0, 0.1) is 30.6 Å². The van der Waals surface area contributed by atoms with Crippen molar-refractivity contribution in [2.75, 3.05) is 18.6 Å². The fraction of sp³-hybridized carbons (Fsp3) is 0.306. The summed E-state index contributed by atoms with van der Waals surface area (Å²) >= 11 is 0. The largest absolute Gasteiger partial charge is 0.491 e. The van der Waals surface area contributed by atoms with Crippen molar-refractivity contribution in [1.29, 1.82) is 0 Å². The summed E-state index contributed by atoms with van der Waals surface area (Å²) in [6.45, 7) is 1.89. The first-order valence-electron chi connectivity index (χ1n) is 15.7. The van der Waals surface area contributed by atoms with Crippen molar-refractivity contribution >= 4 is 35.3 Å². The summed E-state index contributed by atoms with van der Waals surface area (Å²) in [5.74, 6) is -5.61. The van der Waals surface area contributed by atoms with Crippen molar-refractivity contribution in [2.24, 2.45) is 29.4 Å². The molecule has 4 aliphatic rings. The Kier molecular flexibility index (Phi) is 7.43. The average molecular weight is 635 g/mol. The van der Waals surface area contributed by atoms with E-state index in [1.54, 1.807) is 24.3 Å². The second kappa shape index (κ2) is 11.5. The van der Waals surface area contributed by atoms with Crippen molar-refractivity contribution < 1.29 is 33.8 Å². The fourth-order valence-corrected chi connectivity index (χ4v) is 8.26. The maximum atomic E-state index is 15.1. The Balaban J connectivity index is 1.42. The van der Waals surface area contributed by atoms with Crippen LogP contribution in [-0.4, -0.2) is 57.9 Å². The molecule has 3 fully saturated rings. The maximum absolute atomic E-state index is 15.1. The minimum absolute atomic E-state index is 0.105. The highest BCUT2D eigenvalue weighted by Crippen LogP contribution is 2.64. The van der Waals surface area contributed by atoms with Gasteiger partial charge in [-0.05, 0) is 61.1 Å². The smallest absolute Gasteiger partial charge is 0.328 e. The summed E-state index contributed by atoms with van der Waals surface area (Å²) in [5, 5.41) is 10.3. The van der Waals surface area contributed by atoms with Crippen LogP contribution in [0.4, 0.5) is 10.5 Å². The van der Waals surface area contributed by atoms with Crippen LogP contribution in [-0.2, 0) is 24.6 Å². The number of imide groups is 4. The molecule has 3 aromatic rings. The van der Waals surface area contributed by atoms with Crippen LogP contribution in [0.1, 0.15) is 35.4 Å². The number of nitrogens with one attached hydrogen (secondary N) is 1. The number of rotatable bonds is 7. The molecule has 2 heterocycles. The van der Waals surface area contributed by atoms with Crippen LogP contribution in [0.15, 0.2) is 90.5 Å². The number of likely N-dealkylation sites (tertiary alicyclic amines) is 1. The molecule has 1 saturated carbocycles. The highest BCUT2D eigenvalue weighted by Gasteiger charge is 2.70. The van der Waals surface area contributed by atoms with Crippen LogP contribution in [0.2, 0.25) is 0 Å². The number of hydrazine groups is 1. The van der Waals surface area contributed by atoms with Crippen molar-refractivity contribution in [1.82, 2.24) is 9.91 Å². The number of anilines is 1. The average Bonchev–Trinajstić information content (AvgIpc) is 3.46. The van der Waals surface area contributed by atoms with Crippen molar-refractivity contribution in [2.45, 2.75) is 31.1 Å². The number of allylic oxidation sites excluding steroid dienone is 2. The van der Waals surface area contributed by atoms with Crippen molar-refractivity contribution in [3.05, 3.63) is 107 Å². The Hall–Kier alpha value is -5.29. The minimum Gasteiger partial charge on any atom is -0.491 e. The van der Waals surface area contributed by atoms with Gasteiger partial charge in [-0.25, -0.2) is 4.79 Å². The number of fused-ring (bicyclic) bond motifs is 4. The van der Waals surface area contributed by atoms with E-state index in [1.807, 2.05) is 67.6 Å². The normalized spacial score (nSPS) is 28.0. The predicted molar refractivity (Wildman–Crippen MR) is 169 cm³/mol. The summed E-state index contributed by atoms with van der Waals surface area (Å²) in [7, 11) is 0. The van der Waals surface area contributed by atoms with Gasteiger partial charge in [0.1, 0.15) is 12.4 Å². The van der Waals surface area contributed by atoms with E-state index in [2.05, 4.69) is 5.43 Å². The Morgan fingerprint density at radius 3 is 2.30 bits per heavy atom. The number of carbonyl (C=O) groups is 5. The molecular formula is C36H34N4O7. The predicted octanol–water partition coefficient (Wildman–Crippen LogP) is 3.43. The van der Waals surface area contributed by atoms with E-state index in [0.29, 0.717) is 27.5 Å². The van der Waals surface area contributed by atoms with E-state index < -0.39 is 64.7 Å². The highest BCUT2D eigenvalue weighted by atomic mass is 16.5. The van der Waals surface area contributed by atoms with Crippen LogP contribution >= 0.6 is 0 Å². The van der Waals surface area contributed by atoms with Gasteiger partial charge in [-0.3, -0.25) is 24.6 Å². The van der Waals surface area contributed by atoms with Crippen LogP contribution in [0.25, 0.3) is 0 Å². The van der Waals surface area contributed by atoms with Gasteiger partial charge in [-0.15, -0.1) is 0 Å².